The predicted molar refractivity (Wildman–Crippen MR) is 172 cm³/mol. The van der Waals surface area contributed by atoms with E-state index < -0.39 is 25.5 Å². The summed E-state index contributed by atoms with van der Waals surface area (Å²) in [5.41, 5.74) is 4.30. The summed E-state index contributed by atoms with van der Waals surface area (Å²) in [6.07, 6.45) is 1.68. The van der Waals surface area contributed by atoms with Crippen molar-refractivity contribution in [2.45, 2.75) is 63.6 Å². The summed E-state index contributed by atoms with van der Waals surface area (Å²) in [5.74, 6) is 1.03. The molecule has 0 bridgehead atoms. The van der Waals surface area contributed by atoms with Crippen molar-refractivity contribution in [2.24, 2.45) is 5.92 Å². The van der Waals surface area contributed by atoms with Crippen molar-refractivity contribution >= 4 is 48.6 Å². The number of aryl methyl sites for hydroxylation is 1. The van der Waals surface area contributed by atoms with Crippen LogP contribution in [-0.4, -0.2) is 55.8 Å². The standard InChI is InChI=1S/C32H35ClN2O8S2/c1-3-22(16-31-34(14-7-15-44(36,37)38)26-19-25(33)11-13-29(26)42-31)17-32-35(20-28(35)21(2)45(39,40)41)27-18-24(10-12-30(27)43-32)23-8-5-4-6-9-23/h4-6,8-13,18-19,21-22,28,32H,3,7,14-17,20H2,1-2H3/p+2. The molecule has 3 aromatic carbocycles. The molecule has 2 aliphatic rings. The smallest absolute Gasteiger partial charge is 0.348 e. The number of ether oxygens (including phenoxy) is 1. The van der Waals surface area contributed by atoms with Crippen LogP contribution in [0, 0.1) is 5.92 Å². The number of nitrogens with zero attached hydrogens (tertiary/aromatic N) is 2. The first-order valence-electron chi connectivity index (χ1n) is 15.1. The van der Waals surface area contributed by atoms with E-state index in [1.54, 1.807) is 25.1 Å². The minimum absolute atomic E-state index is 0.0547. The SMILES string of the molecule is CCC(Cc1oc2ccc(Cl)cc2[n+]1CCCS(=O)(=O)O)CC1Oc2ccc(-c3ccccc3)cc2[N+]12CC2C(C)S(=O)(=O)O. The fourth-order valence-electron chi connectivity index (χ4n) is 6.81. The second-order valence-corrected chi connectivity index (χ2v) is 15.9. The van der Waals surface area contributed by atoms with E-state index in [1.165, 1.54) is 0 Å². The number of oxazole rings is 1. The summed E-state index contributed by atoms with van der Waals surface area (Å²) >= 11 is 6.29. The van der Waals surface area contributed by atoms with E-state index in [9.17, 15) is 25.9 Å². The number of halogens is 1. The summed E-state index contributed by atoms with van der Waals surface area (Å²) in [5, 5.41) is -0.454. The van der Waals surface area contributed by atoms with Crippen molar-refractivity contribution in [3.8, 4) is 16.9 Å². The van der Waals surface area contributed by atoms with Gasteiger partial charge in [-0.25, -0.2) is 4.48 Å². The van der Waals surface area contributed by atoms with Gasteiger partial charge in [0, 0.05) is 30.0 Å². The highest BCUT2D eigenvalue weighted by Crippen LogP contribution is 2.56. The molecule has 1 fully saturated rings. The van der Waals surface area contributed by atoms with Gasteiger partial charge in [-0.1, -0.05) is 61.3 Å². The first-order chi connectivity index (χ1) is 21.3. The van der Waals surface area contributed by atoms with Gasteiger partial charge in [-0.2, -0.15) is 21.4 Å². The van der Waals surface area contributed by atoms with Gasteiger partial charge in [0.25, 0.3) is 25.8 Å². The number of benzene rings is 3. The summed E-state index contributed by atoms with van der Waals surface area (Å²) < 4.78 is 81.8. The minimum atomic E-state index is -4.28. The average molecular weight is 677 g/mol. The van der Waals surface area contributed by atoms with Gasteiger partial charge in [0.05, 0.1) is 12.2 Å². The molecule has 1 aromatic heterocycles. The zero-order valence-corrected chi connectivity index (χ0v) is 27.4. The van der Waals surface area contributed by atoms with Crippen molar-refractivity contribution in [1.29, 1.82) is 0 Å². The van der Waals surface area contributed by atoms with Crippen molar-refractivity contribution in [1.82, 2.24) is 4.48 Å². The van der Waals surface area contributed by atoms with Crippen LogP contribution in [0.5, 0.6) is 5.75 Å². The van der Waals surface area contributed by atoms with E-state index in [-0.39, 0.29) is 30.4 Å². The molecule has 0 radical (unpaired) electrons. The molecular weight excluding hydrogens is 640 g/mol. The third kappa shape index (κ3) is 6.36. The van der Waals surface area contributed by atoms with Gasteiger partial charge in [-0.05, 0) is 42.2 Å². The molecule has 4 aromatic rings. The molecule has 13 heteroatoms. The van der Waals surface area contributed by atoms with Crippen LogP contribution >= 0.6 is 11.6 Å². The van der Waals surface area contributed by atoms with E-state index in [0.29, 0.717) is 52.7 Å². The highest BCUT2D eigenvalue weighted by atomic mass is 35.5. The third-order valence-corrected chi connectivity index (χ3v) is 11.6. The maximum Gasteiger partial charge on any atom is 0.348 e. The zero-order valence-electron chi connectivity index (χ0n) is 25.0. The van der Waals surface area contributed by atoms with Crippen LogP contribution in [0.2, 0.25) is 5.02 Å². The Bertz CT molecular complexity index is 1950. The molecule has 5 atom stereocenters. The number of hydrogen-bond acceptors (Lipinski definition) is 6. The Morgan fingerprint density at radius 3 is 2.47 bits per heavy atom. The molecule has 0 aliphatic carbocycles. The Hall–Kier alpha value is -3.00. The van der Waals surface area contributed by atoms with E-state index in [0.717, 1.165) is 28.8 Å². The van der Waals surface area contributed by atoms with Crippen molar-refractivity contribution in [3.63, 3.8) is 0 Å². The van der Waals surface area contributed by atoms with Crippen LogP contribution in [-0.2, 0) is 33.2 Å². The molecule has 3 heterocycles. The van der Waals surface area contributed by atoms with Gasteiger partial charge < -0.3 is 9.15 Å². The van der Waals surface area contributed by atoms with E-state index >= 15 is 0 Å². The lowest BCUT2D eigenvalue weighted by molar-refractivity contribution is -0.684. The second-order valence-electron chi connectivity index (χ2n) is 12.1. The first kappa shape index (κ1) is 32.0. The highest BCUT2D eigenvalue weighted by Gasteiger charge is 2.70. The summed E-state index contributed by atoms with van der Waals surface area (Å²) in [6, 6.07) is 20.9. The van der Waals surface area contributed by atoms with Crippen LogP contribution in [0.3, 0.4) is 0 Å². The Morgan fingerprint density at radius 1 is 1.02 bits per heavy atom. The third-order valence-electron chi connectivity index (χ3n) is 9.35. The van der Waals surface area contributed by atoms with Crippen LogP contribution < -0.4 is 13.8 Å². The van der Waals surface area contributed by atoms with Gasteiger partial charge in [-0.3, -0.25) is 9.11 Å². The van der Waals surface area contributed by atoms with Crippen LogP contribution in [0.1, 0.15) is 39.0 Å². The van der Waals surface area contributed by atoms with Crippen molar-refractivity contribution < 1.29 is 39.7 Å². The highest BCUT2D eigenvalue weighted by molar-refractivity contribution is 7.86. The lowest BCUT2D eigenvalue weighted by atomic mass is 9.96. The Kier molecular flexibility index (Phi) is 8.51. The maximum atomic E-state index is 12.3. The Morgan fingerprint density at radius 2 is 1.78 bits per heavy atom. The largest absolute Gasteiger partial charge is 0.436 e. The molecule has 1 spiro atoms. The predicted octanol–water partition coefficient (Wildman–Crippen LogP) is 5.66. The molecular formula is C32H37ClN2O8S2+2. The molecule has 10 nitrogen and oxygen atoms in total. The van der Waals surface area contributed by atoms with Gasteiger partial charge >= 0.3 is 5.89 Å². The molecule has 5 unspecified atom stereocenters. The second kappa shape index (κ2) is 12.0. The quantitative estimate of drug-likeness (QED) is 0.0850. The number of fused-ring (bicyclic) bond motifs is 3. The Labute approximate surface area is 268 Å². The van der Waals surface area contributed by atoms with Crippen LogP contribution in [0.15, 0.2) is 71.1 Å². The maximum absolute atomic E-state index is 12.3. The summed E-state index contributed by atoms with van der Waals surface area (Å²) in [6.45, 7) is 4.45. The fraction of sp³-hybridized carbons (Fsp3) is 0.406. The van der Waals surface area contributed by atoms with Crippen LogP contribution in [0.4, 0.5) is 5.69 Å². The topological polar surface area (TPSA) is 135 Å². The fourth-order valence-corrected chi connectivity index (χ4v) is 8.17. The molecule has 2 N–H and O–H groups in total. The molecule has 0 saturated carbocycles. The molecule has 45 heavy (non-hydrogen) atoms. The molecule has 6 rings (SSSR count). The van der Waals surface area contributed by atoms with Crippen molar-refractivity contribution in [3.05, 3.63) is 77.6 Å². The van der Waals surface area contributed by atoms with Crippen LogP contribution in [0.25, 0.3) is 22.2 Å². The molecule has 2 aliphatic heterocycles. The van der Waals surface area contributed by atoms with E-state index in [4.69, 9.17) is 20.8 Å². The number of rotatable bonds is 12. The number of hydrogen-bond donors (Lipinski definition) is 2. The minimum Gasteiger partial charge on any atom is -0.436 e. The molecule has 1 saturated heterocycles. The lowest BCUT2D eigenvalue weighted by Gasteiger charge is -2.25. The number of aromatic nitrogens is 1. The zero-order chi connectivity index (χ0) is 32.1. The lowest BCUT2D eigenvalue weighted by Crippen LogP contribution is -2.45. The van der Waals surface area contributed by atoms with Gasteiger partial charge in [0.15, 0.2) is 24.0 Å². The number of quaternary nitrogens is 1. The first-order valence-corrected chi connectivity index (χ1v) is 18.6. The summed E-state index contributed by atoms with van der Waals surface area (Å²) in [4.78, 5) is 0. The van der Waals surface area contributed by atoms with Gasteiger partial charge in [0.1, 0.15) is 11.8 Å². The molecule has 0 amide bonds. The average Bonchev–Trinajstić information content (AvgIpc) is 3.55. The normalized spacial score (nSPS) is 22.3. The van der Waals surface area contributed by atoms with E-state index in [1.807, 2.05) is 47.0 Å². The summed E-state index contributed by atoms with van der Waals surface area (Å²) in [7, 11) is -8.40. The molecule has 240 valence electrons. The monoisotopic (exact) mass is 676 g/mol. The van der Waals surface area contributed by atoms with Crippen molar-refractivity contribution in [2.75, 3.05) is 12.3 Å². The van der Waals surface area contributed by atoms with E-state index in [2.05, 4.69) is 13.0 Å². The Balaban J connectivity index is 1.31. The van der Waals surface area contributed by atoms with Gasteiger partial charge in [0.2, 0.25) is 11.8 Å². The van der Waals surface area contributed by atoms with Gasteiger partial charge in [-0.15, -0.1) is 0 Å².